The minimum atomic E-state index is -0.307. The summed E-state index contributed by atoms with van der Waals surface area (Å²) in [7, 11) is 0. The summed E-state index contributed by atoms with van der Waals surface area (Å²) in [4.78, 5) is 3.03. The maximum atomic E-state index is 13.6. The number of aromatic amines is 1. The molecule has 0 radical (unpaired) electrons. The maximum Gasteiger partial charge on any atom is 0.182 e. The second-order valence-corrected chi connectivity index (χ2v) is 6.40. The molecule has 6 heteroatoms. The third kappa shape index (κ3) is 2.25. The lowest BCUT2D eigenvalue weighted by Gasteiger charge is -2.07. The Balaban J connectivity index is 2.42. The van der Waals surface area contributed by atoms with Crippen molar-refractivity contribution < 1.29 is 4.39 Å². The van der Waals surface area contributed by atoms with Crippen molar-refractivity contribution in [2.75, 3.05) is 0 Å². The van der Waals surface area contributed by atoms with E-state index in [1.165, 1.54) is 6.07 Å². The number of hydrogen-bond acceptors (Lipinski definition) is 1. The number of fused-ring (bicyclic) bond motifs is 1. The first-order valence-corrected chi connectivity index (χ1v) is 7.70. The van der Waals surface area contributed by atoms with Crippen LogP contribution in [0.2, 0.25) is 0 Å². The molecule has 0 unspecified atom stereocenters. The molecule has 0 aliphatic rings. The molecule has 0 bridgehead atoms. The third-order valence-electron chi connectivity index (χ3n) is 2.82. The van der Waals surface area contributed by atoms with Crippen LogP contribution in [0.5, 0.6) is 0 Å². The van der Waals surface area contributed by atoms with Crippen molar-refractivity contribution in [3.63, 3.8) is 0 Å². The topological polar surface area (TPSA) is 20.7 Å². The molecule has 0 fully saturated rings. The van der Waals surface area contributed by atoms with Crippen molar-refractivity contribution in [3.8, 4) is 5.69 Å². The molecular formula is C13H7BrFIN2S. The van der Waals surface area contributed by atoms with Gasteiger partial charge in [-0.3, -0.25) is 4.57 Å². The molecule has 1 aromatic heterocycles. The van der Waals surface area contributed by atoms with Crippen molar-refractivity contribution in [2.45, 2.75) is 0 Å². The van der Waals surface area contributed by atoms with Crippen molar-refractivity contribution in [1.82, 2.24) is 9.55 Å². The zero-order chi connectivity index (χ0) is 13.6. The number of para-hydroxylation sites is 1. The molecule has 2 nitrogen and oxygen atoms in total. The first kappa shape index (κ1) is 13.3. The highest BCUT2D eigenvalue weighted by atomic mass is 127. The largest absolute Gasteiger partial charge is 0.330 e. The van der Waals surface area contributed by atoms with Gasteiger partial charge in [0.2, 0.25) is 0 Å². The smallest absolute Gasteiger partial charge is 0.182 e. The van der Waals surface area contributed by atoms with Gasteiger partial charge in [0.05, 0.1) is 21.2 Å². The van der Waals surface area contributed by atoms with E-state index < -0.39 is 0 Å². The molecule has 1 N–H and O–H groups in total. The number of rotatable bonds is 1. The van der Waals surface area contributed by atoms with Crippen LogP contribution >= 0.6 is 50.7 Å². The van der Waals surface area contributed by atoms with Crippen LogP contribution in [0.25, 0.3) is 16.7 Å². The molecule has 0 saturated heterocycles. The number of hydrogen-bond donors (Lipinski definition) is 1. The third-order valence-corrected chi connectivity index (χ3v) is 4.62. The minimum Gasteiger partial charge on any atom is -0.330 e. The Morgan fingerprint density at radius 2 is 2.00 bits per heavy atom. The highest BCUT2D eigenvalue weighted by Gasteiger charge is 2.11. The van der Waals surface area contributed by atoms with Crippen molar-refractivity contribution >= 4 is 61.8 Å². The van der Waals surface area contributed by atoms with E-state index in [4.69, 9.17) is 12.2 Å². The SMILES string of the molecule is Fc1cc2[nH]c(=S)n(-c3ccccc3I)c2cc1Br. The average molecular weight is 449 g/mol. The fourth-order valence-electron chi connectivity index (χ4n) is 1.97. The second-order valence-electron chi connectivity index (χ2n) is 4.00. The molecule has 0 spiro atoms. The van der Waals surface area contributed by atoms with Crippen LogP contribution < -0.4 is 0 Å². The Morgan fingerprint density at radius 1 is 1.26 bits per heavy atom. The van der Waals surface area contributed by atoms with Gasteiger partial charge in [0, 0.05) is 9.64 Å². The van der Waals surface area contributed by atoms with Crippen LogP contribution in [0.15, 0.2) is 40.9 Å². The predicted octanol–water partition coefficient (Wildman–Crippen LogP) is 5.19. The van der Waals surface area contributed by atoms with Gasteiger partial charge in [-0.2, -0.15) is 0 Å². The van der Waals surface area contributed by atoms with E-state index >= 15 is 0 Å². The van der Waals surface area contributed by atoms with Crippen molar-refractivity contribution in [3.05, 3.63) is 55.0 Å². The average Bonchev–Trinajstić information content (AvgIpc) is 2.66. The lowest BCUT2D eigenvalue weighted by Crippen LogP contribution is -1.96. The van der Waals surface area contributed by atoms with Crippen LogP contribution in [-0.4, -0.2) is 9.55 Å². The monoisotopic (exact) mass is 448 g/mol. The first-order valence-electron chi connectivity index (χ1n) is 5.42. The van der Waals surface area contributed by atoms with E-state index in [9.17, 15) is 4.39 Å². The molecule has 0 aliphatic heterocycles. The summed E-state index contributed by atoms with van der Waals surface area (Å²) in [5.41, 5.74) is 2.52. The van der Waals surface area contributed by atoms with Crippen molar-refractivity contribution in [2.24, 2.45) is 0 Å². The van der Waals surface area contributed by atoms with Gasteiger partial charge in [0.25, 0.3) is 0 Å². The summed E-state index contributed by atoms with van der Waals surface area (Å²) in [5.74, 6) is -0.307. The number of aromatic nitrogens is 2. The number of imidazole rings is 1. The second kappa shape index (κ2) is 4.99. The van der Waals surface area contributed by atoms with Crippen LogP contribution in [0.4, 0.5) is 4.39 Å². The molecule has 96 valence electrons. The summed E-state index contributed by atoms with van der Waals surface area (Å²) in [6, 6.07) is 11.1. The highest BCUT2D eigenvalue weighted by molar-refractivity contribution is 14.1. The van der Waals surface area contributed by atoms with Gasteiger partial charge in [-0.05, 0) is 68.9 Å². The van der Waals surface area contributed by atoms with E-state index in [0.29, 0.717) is 14.8 Å². The summed E-state index contributed by atoms with van der Waals surface area (Å²) >= 11 is 10.8. The van der Waals surface area contributed by atoms with E-state index in [0.717, 1.165) is 14.8 Å². The van der Waals surface area contributed by atoms with Gasteiger partial charge in [0.15, 0.2) is 4.77 Å². The van der Waals surface area contributed by atoms with Gasteiger partial charge in [-0.15, -0.1) is 0 Å². The molecular weight excluding hydrogens is 442 g/mol. The number of halogens is 3. The van der Waals surface area contributed by atoms with Crippen LogP contribution in [0.1, 0.15) is 0 Å². The Labute approximate surface area is 135 Å². The summed E-state index contributed by atoms with van der Waals surface area (Å²) in [6.07, 6.45) is 0. The van der Waals surface area contributed by atoms with Gasteiger partial charge in [-0.25, -0.2) is 4.39 Å². The molecule has 19 heavy (non-hydrogen) atoms. The number of H-pyrrole nitrogens is 1. The molecule has 0 amide bonds. The number of benzene rings is 2. The molecule has 0 saturated carbocycles. The molecule has 0 atom stereocenters. The molecule has 1 heterocycles. The zero-order valence-corrected chi connectivity index (χ0v) is 14.0. The van der Waals surface area contributed by atoms with E-state index in [1.54, 1.807) is 6.07 Å². The molecule has 3 rings (SSSR count). The molecule has 3 aromatic rings. The number of nitrogens with zero attached hydrogens (tertiary/aromatic N) is 1. The molecule has 2 aromatic carbocycles. The fraction of sp³-hybridized carbons (Fsp3) is 0. The fourth-order valence-corrected chi connectivity index (χ4v) is 3.24. The Hall–Kier alpha value is -0.730. The van der Waals surface area contributed by atoms with E-state index in [2.05, 4.69) is 43.5 Å². The Kier molecular flexibility index (Phi) is 3.48. The normalized spacial score (nSPS) is 11.1. The first-order chi connectivity index (χ1) is 9.08. The summed E-state index contributed by atoms with van der Waals surface area (Å²) in [5, 5.41) is 0. The van der Waals surface area contributed by atoms with E-state index in [-0.39, 0.29) is 5.82 Å². The lowest BCUT2D eigenvalue weighted by atomic mass is 10.3. The Bertz CT molecular complexity index is 840. The minimum absolute atomic E-state index is 0.307. The van der Waals surface area contributed by atoms with Gasteiger partial charge in [0.1, 0.15) is 5.82 Å². The van der Waals surface area contributed by atoms with Gasteiger partial charge < -0.3 is 4.98 Å². The predicted molar refractivity (Wildman–Crippen MR) is 88.8 cm³/mol. The standard InChI is InChI=1S/C13H7BrFIN2S/c14-7-5-12-10(6-8(7)15)17-13(19)18(12)11-4-2-1-3-9(11)16/h1-6H,(H,17,19). The molecule has 0 aliphatic carbocycles. The lowest BCUT2D eigenvalue weighted by molar-refractivity contribution is 0.623. The van der Waals surface area contributed by atoms with Gasteiger partial charge >= 0.3 is 0 Å². The summed E-state index contributed by atoms with van der Waals surface area (Å²) < 4.78 is 17.5. The van der Waals surface area contributed by atoms with Crippen LogP contribution in [0.3, 0.4) is 0 Å². The van der Waals surface area contributed by atoms with Gasteiger partial charge in [-0.1, -0.05) is 12.1 Å². The summed E-state index contributed by atoms with van der Waals surface area (Å²) in [6.45, 7) is 0. The quantitative estimate of drug-likeness (QED) is 0.401. The zero-order valence-electron chi connectivity index (χ0n) is 9.45. The van der Waals surface area contributed by atoms with Crippen molar-refractivity contribution in [1.29, 1.82) is 0 Å². The van der Waals surface area contributed by atoms with Crippen LogP contribution in [0, 0.1) is 14.2 Å². The number of nitrogens with one attached hydrogen (secondary N) is 1. The van der Waals surface area contributed by atoms with Crippen LogP contribution in [-0.2, 0) is 0 Å². The highest BCUT2D eigenvalue weighted by Crippen LogP contribution is 2.27. The van der Waals surface area contributed by atoms with E-state index in [1.807, 2.05) is 28.8 Å². The Morgan fingerprint density at radius 3 is 2.74 bits per heavy atom. The maximum absolute atomic E-state index is 13.6.